The van der Waals surface area contributed by atoms with Crippen molar-refractivity contribution in [3.05, 3.63) is 34.6 Å². The second-order valence-corrected chi connectivity index (χ2v) is 5.61. The Morgan fingerprint density at radius 2 is 2.19 bits per heavy atom. The average Bonchev–Trinajstić information content (AvgIpc) is 2.88. The van der Waals surface area contributed by atoms with Crippen molar-refractivity contribution in [1.82, 2.24) is 25.5 Å². The van der Waals surface area contributed by atoms with E-state index in [0.29, 0.717) is 24.0 Å². The highest BCUT2D eigenvalue weighted by Crippen LogP contribution is 2.26. The monoisotopic (exact) mass is 309 g/mol. The Morgan fingerprint density at radius 1 is 1.38 bits per heavy atom. The number of hydrogen-bond donors (Lipinski definition) is 1. The number of rotatable bonds is 7. The molecule has 0 bridgehead atoms. The minimum Gasteiger partial charge on any atom is -0.496 e. The molecule has 0 radical (unpaired) electrons. The van der Waals surface area contributed by atoms with Gasteiger partial charge in [0.1, 0.15) is 5.75 Å². The summed E-state index contributed by atoms with van der Waals surface area (Å²) in [4.78, 5) is 0. The molecule has 1 heterocycles. The Balaban J connectivity index is 2.12. The van der Waals surface area contributed by atoms with Crippen molar-refractivity contribution in [2.75, 3.05) is 13.7 Å². The maximum atomic E-state index is 6.25. The molecule has 2 aromatic rings. The Labute approximate surface area is 129 Å². The van der Waals surface area contributed by atoms with Crippen LogP contribution in [0.15, 0.2) is 18.2 Å². The van der Waals surface area contributed by atoms with Gasteiger partial charge in [-0.3, -0.25) is 0 Å². The van der Waals surface area contributed by atoms with E-state index in [2.05, 4.69) is 34.7 Å². The summed E-state index contributed by atoms with van der Waals surface area (Å²) in [5, 5.41) is 15.8. The van der Waals surface area contributed by atoms with Crippen molar-refractivity contribution >= 4 is 11.6 Å². The molecule has 0 aliphatic rings. The first-order chi connectivity index (χ1) is 10.1. The van der Waals surface area contributed by atoms with Crippen LogP contribution in [0.3, 0.4) is 0 Å². The molecular weight excluding hydrogens is 290 g/mol. The number of halogens is 1. The molecule has 0 aliphatic carbocycles. The van der Waals surface area contributed by atoms with Gasteiger partial charge in [0.25, 0.3) is 0 Å². The van der Waals surface area contributed by atoms with Crippen molar-refractivity contribution in [3.63, 3.8) is 0 Å². The number of aromatic nitrogens is 4. The molecular formula is C14H20ClN5O. The molecule has 0 atom stereocenters. The lowest BCUT2D eigenvalue weighted by molar-refractivity contribution is 0.406. The van der Waals surface area contributed by atoms with Crippen LogP contribution in [-0.4, -0.2) is 33.9 Å². The van der Waals surface area contributed by atoms with Crippen LogP contribution in [0.25, 0.3) is 0 Å². The van der Waals surface area contributed by atoms with Crippen LogP contribution in [0, 0.1) is 5.92 Å². The number of methoxy groups -OCH3 is 1. The first-order valence-electron chi connectivity index (χ1n) is 6.89. The maximum absolute atomic E-state index is 6.25. The zero-order valence-corrected chi connectivity index (χ0v) is 13.3. The van der Waals surface area contributed by atoms with E-state index >= 15 is 0 Å². The highest BCUT2D eigenvalue weighted by Gasteiger charge is 2.12. The van der Waals surface area contributed by atoms with Gasteiger partial charge in [0.15, 0.2) is 5.82 Å². The van der Waals surface area contributed by atoms with E-state index in [9.17, 15) is 0 Å². The third kappa shape index (κ3) is 4.15. The van der Waals surface area contributed by atoms with E-state index in [4.69, 9.17) is 16.3 Å². The van der Waals surface area contributed by atoms with Gasteiger partial charge in [-0.2, -0.15) is 0 Å². The minimum atomic E-state index is 0.481. The quantitative estimate of drug-likeness (QED) is 0.849. The number of benzene rings is 1. The van der Waals surface area contributed by atoms with Crippen LogP contribution in [0.1, 0.15) is 25.2 Å². The molecule has 2 rings (SSSR count). The number of nitrogens with one attached hydrogen (secondary N) is 1. The molecule has 0 spiro atoms. The predicted molar refractivity (Wildman–Crippen MR) is 81.5 cm³/mol. The van der Waals surface area contributed by atoms with Gasteiger partial charge in [-0.05, 0) is 35.0 Å². The van der Waals surface area contributed by atoms with Crippen molar-refractivity contribution in [3.8, 4) is 5.75 Å². The topological polar surface area (TPSA) is 64.9 Å². The summed E-state index contributed by atoms with van der Waals surface area (Å²) in [6.07, 6.45) is 0. The van der Waals surface area contributed by atoms with Crippen LogP contribution in [0.5, 0.6) is 5.75 Å². The zero-order valence-electron chi connectivity index (χ0n) is 12.5. The fraction of sp³-hybridized carbons (Fsp3) is 0.500. The summed E-state index contributed by atoms with van der Waals surface area (Å²) < 4.78 is 7.08. The molecule has 0 unspecified atom stereocenters. The molecule has 6 nitrogen and oxygen atoms in total. The van der Waals surface area contributed by atoms with Crippen LogP contribution in [0.4, 0.5) is 0 Å². The van der Waals surface area contributed by atoms with E-state index in [1.165, 1.54) is 0 Å². The van der Waals surface area contributed by atoms with Gasteiger partial charge in [-0.15, -0.1) is 5.10 Å². The zero-order chi connectivity index (χ0) is 15.2. The number of tetrazole rings is 1. The fourth-order valence-electron chi connectivity index (χ4n) is 1.98. The highest BCUT2D eigenvalue weighted by molar-refractivity contribution is 6.31. The largest absolute Gasteiger partial charge is 0.496 e. The van der Waals surface area contributed by atoms with Crippen molar-refractivity contribution in [2.24, 2.45) is 5.92 Å². The fourth-order valence-corrected chi connectivity index (χ4v) is 2.20. The summed E-state index contributed by atoms with van der Waals surface area (Å²) in [5.74, 6) is 2.09. The molecule has 0 saturated heterocycles. The van der Waals surface area contributed by atoms with Crippen molar-refractivity contribution < 1.29 is 4.74 Å². The molecule has 0 amide bonds. The van der Waals surface area contributed by atoms with Gasteiger partial charge in [0, 0.05) is 10.6 Å². The van der Waals surface area contributed by atoms with Gasteiger partial charge in [0.2, 0.25) is 0 Å². The van der Waals surface area contributed by atoms with Crippen LogP contribution in [-0.2, 0) is 13.1 Å². The predicted octanol–water partition coefficient (Wildman–Crippen LogP) is 2.13. The lowest BCUT2D eigenvalue weighted by Crippen LogP contribution is -2.22. The smallest absolute Gasteiger partial charge is 0.165 e. The SMILES string of the molecule is COc1cccc(Cl)c1Cn1nnnc1CNCC(C)C. The van der Waals surface area contributed by atoms with Gasteiger partial charge < -0.3 is 10.1 Å². The molecule has 1 aromatic carbocycles. The van der Waals surface area contributed by atoms with Crippen LogP contribution >= 0.6 is 11.6 Å². The number of nitrogens with zero attached hydrogens (tertiary/aromatic N) is 4. The molecule has 1 N–H and O–H groups in total. The summed E-state index contributed by atoms with van der Waals surface area (Å²) in [6.45, 7) is 6.34. The minimum absolute atomic E-state index is 0.481. The third-order valence-electron chi connectivity index (χ3n) is 3.05. The molecule has 21 heavy (non-hydrogen) atoms. The number of ether oxygens (including phenoxy) is 1. The molecule has 0 aliphatic heterocycles. The molecule has 114 valence electrons. The average molecular weight is 310 g/mol. The maximum Gasteiger partial charge on any atom is 0.165 e. The standard InChI is InChI=1S/C14H20ClN5O/c1-10(2)7-16-8-14-17-18-19-20(14)9-11-12(15)5-4-6-13(11)21-3/h4-6,10,16H,7-9H2,1-3H3. The first-order valence-corrected chi connectivity index (χ1v) is 7.26. The Kier molecular flexibility index (Phi) is 5.52. The molecule has 1 aromatic heterocycles. The highest BCUT2D eigenvalue weighted by atomic mass is 35.5. The lowest BCUT2D eigenvalue weighted by Gasteiger charge is -2.11. The molecule has 7 heteroatoms. The van der Waals surface area contributed by atoms with Gasteiger partial charge in [-0.25, -0.2) is 4.68 Å². The molecule has 0 fully saturated rings. The van der Waals surface area contributed by atoms with Gasteiger partial charge in [-0.1, -0.05) is 31.5 Å². The van der Waals surface area contributed by atoms with Crippen LogP contribution < -0.4 is 10.1 Å². The second kappa shape index (κ2) is 7.38. The normalized spacial score (nSPS) is 11.1. The first kappa shape index (κ1) is 15.7. The summed E-state index contributed by atoms with van der Waals surface area (Å²) >= 11 is 6.25. The van der Waals surface area contributed by atoms with E-state index in [0.717, 1.165) is 23.7 Å². The Hall–Kier alpha value is -1.66. The summed E-state index contributed by atoms with van der Waals surface area (Å²) in [5.41, 5.74) is 0.874. The third-order valence-corrected chi connectivity index (χ3v) is 3.40. The van der Waals surface area contributed by atoms with Crippen LogP contribution in [0.2, 0.25) is 5.02 Å². The Bertz CT molecular complexity index is 584. The van der Waals surface area contributed by atoms with E-state index in [1.54, 1.807) is 11.8 Å². The van der Waals surface area contributed by atoms with Gasteiger partial charge >= 0.3 is 0 Å². The van der Waals surface area contributed by atoms with Crippen molar-refractivity contribution in [2.45, 2.75) is 26.9 Å². The number of hydrogen-bond acceptors (Lipinski definition) is 5. The van der Waals surface area contributed by atoms with E-state index in [-0.39, 0.29) is 0 Å². The lowest BCUT2D eigenvalue weighted by atomic mass is 10.2. The van der Waals surface area contributed by atoms with E-state index < -0.39 is 0 Å². The van der Waals surface area contributed by atoms with Crippen molar-refractivity contribution in [1.29, 1.82) is 0 Å². The Morgan fingerprint density at radius 3 is 2.90 bits per heavy atom. The molecule has 0 saturated carbocycles. The van der Waals surface area contributed by atoms with Gasteiger partial charge in [0.05, 0.1) is 20.2 Å². The van der Waals surface area contributed by atoms with E-state index in [1.807, 2.05) is 18.2 Å². The summed E-state index contributed by atoms with van der Waals surface area (Å²) in [6, 6.07) is 5.57. The second-order valence-electron chi connectivity index (χ2n) is 5.20. The summed E-state index contributed by atoms with van der Waals surface area (Å²) in [7, 11) is 1.62.